The van der Waals surface area contributed by atoms with Gasteiger partial charge in [-0.2, -0.15) is 0 Å². The Bertz CT molecular complexity index is 583. The molecule has 0 aromatic heterocycles. The summed E-state index contributed by atoms with van der Waals surface area (Å²) in [6, 6.07) is 17.9. The molecule has 0 saturated carbocycles. The molecule has 3 rings (SSSR count). The minimum atomic E-state index is -0.880. The molecule has 0 spiro atoms. The Balaban J connectivity index is 1.84. The van der Waals surface area contributed by atoms with Crippen molar-refractivity contribution < 1.29 is 4.74 Å². The lowest BCUT2D eigenvalue weighted by Crippen LogP contribution is -2.01. The van der Waals surface area contributed by atoms with Gasteiger partial charge in [-0.3, -0.25) is 0 Å². The summed E-state index contributed by atoms with van der Waals surface area (Å²) < 4.78 is 4.56. The van der Waals surface area contributed by atoms with Crippen LogP contribution in [0.4, 0.5) is 5.69 Å². The van der Waals surface area contributed by atoms with Crippen LogP contribution in [0.25, 0.3) is 0 Å². The zero-order valence-corrected chi connectivity index (χ0v) is 12.6. The molecule has 0 amide bonds. The summed E-state index contributed by atoms with van der Waals surface area (Å²) in [5, 5.41) is 0. The molecule has 0 bridgehead atoms. The maximum atomic E-state index is 6.40. The first-order valence-corrected chi connectivity index (χ1v) is 7.35. The van der Waals surface area contributed by atoms with E-state index in [-0.39, 0.29) is 6.04 Å². The summed E-state index contributed by atoms with van der Waals surface area (Å²) in [5.74, 6) is 0.851. The van der Waals surface area contributed by atoms with E-state index in [9.17, 15) is 0 Å². The van der Waals surface area contributed by atoms with Crippen LogP contribution in [0.5, 0.6) is 5.75 Å². The second-order valence-electron chi connectivity index (χ2n) is 4.70. The largest absolute Gasteiger partial charge is 0.494 e. The third-order valence-corrected chi connectivity index (χ3v) is 4.16. The molecular weight excluding hydrogens is 293 g/mol. The van der Waals surface area contributed by atoms with Crippen LogP contribution < -0.4 is 9.64 Å². The van der Waals surface area contributed by atoms with Crippen molar-refractivity contribution in [3.05, 3.63) is 60.2 Å². The minimum absolute atomic E-state index is 0.00928. The van der Waals surface area contributed by atoms with Gasteiger partial charge in [0.1, 0.15) is 11.8 Å². The van der Waals surface area contributed by atoms with Gasteiger partial charge in [-0.25, -0.2) is 0 Å². The zero-order valence-electron chi connectivity index (χ0n) is 11.1. The number of rotatable bonds is 4. The lowest BCUT2D eigenvalue weighted by Gasteiger charge is -2.08. The second kappa shape index (κ2) is 5.19. The van der Waals surface area contributed by atoms with Crippen LogP contribution in [0.3, 0.4) is 0 Å². The van der Waals surface area contributed by atoms with E-state index in [1.165, 1.54) is 0 Å². The van der Waals surface area contributed by atoms with Crippen LogP contribution in [0.2, 0.25) is 0 Å². The van der Waals surface area contributed by atoms with E-state index in [1.807, 2.05) is 66.4 Å². The smallest absolute Gasteiger partial charge is 0.215 e. The van der Waals surface area contributed by atoms with Crippen molar-refractivity contribution in [1.82, 2.24) is 0 Å². The van der Waals surface area contributed by atoms with Gasteiger partial charge in [0.2, 0.25) is 4.46 Å². The van der Waals surface area contributed by atoms with Crippen LogP contribution in [-0.4, -0.2) is 11.1 Å². The molecule has 2 aromatic rings. The molecule has 1 aliphatic heterocycles. The third kappa shape index (κ3) is 2.34. The molecule has 2 nitrogen and oxygen atoms in total. The van der Waals surface area contributed by atoms with Gasteiger partial charge in [-0.15, -0.1) is 0 Å². The molecule has 20 heavy (non-hydrogen) atoms. The quantitative estimate of drug-likeness (QED) is 0.458. The van der Waals surface area contributed by atoms with Gasteiger partial charge >= 0.3 is 0 Å². The fourth-order valence-corrected chi connectivity index (χ4v) is 3.16. The van der Waals surface area contributed by atoms with Crippen molar-refractivity contribution in [2.24, 2.45) is 0 Å². The minimum Gasteiger partial charge on any atom is -0.494 e. The molecule has 4 heteroatoms. The van der Waals surface area contributed by atoms with Gasteiger partial charge in [0.05, 0.1) is 6.61 Å². The first-order chi connectivity index (χ1) is 9.64. The molecule has 1 atom stereocenters. The van der Waals surface area contributed by atoms with Crippen molar-refractivity contribution in [2.45, 2.75) is 17.4 Å². The van der Waals surface area contributed by atoms with Crippen LogP contribution >= 0.6 is 23.2 Å². The van der Waals surface area contributed by atoms with Gasteiger partial charge in [-0.1, -0.05) is 53.5 Å². The van der Waals surface area contributed by atoms with E-state index in [0.717, 1.165) is 17.0 Å². The van der Waals surface area contributed by atoms with E-state index >= 15 is 0 Å². The summed E-state index contributed by atoms with van der Waals surface area (Å²) in [6.07, 6.45) is 0. The Kier molecular flexibility index (Phi) is 3.53. The predicted molar refractivity (Wildman–Crippen MR) is 83.7 cm³/mol. The third-order valence-electron chi connectivity index (χ3n) is 3.38. The Morgan fingerprint density at radius 1 is 1.05 bits per heavy atom. The fourth-order valence-electron chi connectivity index (χ4n) is 2.42. The van der Waals surface area contributed by atoms with Gasteiger partial charge in [-0.05, 0) is 36.8 Å². The highest BCUT2D eigenvalue weighted by molar-refractivity contribution is 6.53. The molecule has 2 aromatic carbocycles. The average Bonchev–Trinajstić information content (AvgIpc) is 3.04. The Morgan fingerprint density at radius 2 is 1.70 bits per heavy atom. The van der Waals surface area contributed by atoms with Crippen molar-refractivity contribution in [2.75, 3.05) is 11.5 Å². The van der Waals surface area contributed by atoms with Crippen molar-refractivity contribution in [3.8, 4) is 5.75 Å². The SMILES string of the molecule is CCOc1ccc(N2C(c3ccccc3)C2(Cl)Cl)cc1. The molecular formula is C16H15Cl2NO. The Hall–Kier alpha value is -1.38. The number of hydrogen-bond acceptors (Lipinski definition) is 2. The van der Waals surface area contributed by atoms with Gasteiger partial charge in [0.15, 0.2) is 0 Å². The topological polar surface area (TPSA) is 12.2 Å². The highest BCUT2D eigenvalue weighted by Gasteiger charge is 2.62. The van der Waals surface area contributed by atoms with Crippen LogP contribution in [-0.2, 0) is 0 Å². The van der Waals surface area contributed by atoms with Crippen LogP contribution in [0.1, 0.15) is 18.5 Å². The number of halogens is 2. The number of anilines is 1. The molecule has 0 N–H and O–H groups in total. The van der Waals surface area contributed by atoms with E-state index in [4.69, 9.17) is 27.9 Å². The molecule has 0 aliphatic carbocycles. The normalized spacial score (nSPS) is 19.8. The summed E-state index contributed by atoms with van der Waals surface area (Å²) in [5.41, 5.74) is 2.11. The number of alkyl halides is 2. The number of ether oxygens (including phenoxy) is 1. The fraction of sp³-hybridized carbons (Fsp3) is 0.250. The lowest BCUT2D eigenvalue weighted by molar-refractivity contribution is 0.340. The zero-order chi connectivity index (χ0) is 14.2. The molecule has 1 heterocycles. The molecule has 104 valence electrons. The first kappa shape index (κ1) is 13.6. The summed E-state index contributed by atoms with van der Waals surface area (Å²) in [4.78, 5) is 1.99. The molecule has 1 saturated heterocycles. The Labute approximate surface area is 128 Å². The number of nitrogens with zero attached hydrogens (tertiary/aromatic N) is 1. The van der Waals surface area contributed by atoms with Crippen molar-refractivity contribution in [1.29, 1.82) is 0 Å². The van der Waals surface area contributed by atoms with E-state index in [2.05, 4.69) is 0 Å². The van der Waals surface area contributed by atoms with Crippen molar-refractivity contribution >= 4 is 28.9 Å². The molecule has 0 radical (unpaired) electrons. The van der Waals surface area contributed by atoms with Crippen LogP contribution in [0.15, 0.2) is 54.6 Å². The van der Waals surface area contributed by atoms with Gasteiger partial charge < -0.3 is 9.64 Å². The first-order valence-electron chi connectivity index (χ1n) is 6.59. The standard InChI is InChI=1S/C16H15Cl2NO/c1-2-20-14-10-8-13(9-11-14)19-15(16(19,17)18)12-6-4-3-5-7-12/h3-11,15H,2H2,1H3. The summed E-state index contributed by atoms with van der Waals surface area (Å²) in [7, 11) is 0. The molecule has 1 unspecified atom stereocenters. The number of benzene rings is 2. The maximum Gasteiger partial charge on any atom is 0.215 e. The highest BCUT2D eigenvalue weighted by Crippen LogP contribution is 2.61. The summed E-state index contributed by atoms with van der Waals surface area (Å²) >= 11 is 12.8. The second-order valence-corrected chi connectivity index (χ2v) is 6.04. The number of hydrogen-bond donors (Lipinski definition) is 0. The Morgan fingerprint density at radius 3 is 2.30 bits per heavy atom. The highest BCUT2D eigenvalue weighted by atomic mass is 35.5. The van der Waals surface area contributed by atoms with E-state index in [1.54, 1.807) is 0 Å². The maximum absolute atomic E-state index is 6.40. The predicted octanol–water partition coefficient (Wildman–Crippen LogP) is 4.78. The van der Waals surface area contributed by atoms with Crippen LogP contribution in [0, 0.1) is 0 Å². The summed E-state index contributed by atoms with van der Waals surface area (Å²) in [6.45, 7) is 2.62. The molecule has 1 aliphatic rings. The molecule has 1 fully saturated rings. The van der Waals surface area contributed by atoms with Gasteiger partial charge in [0.25, 0.3) is 0 Å². The lowest BCUT2D eigenvalue weighted by atomic mass is 10.1. The van der Waals surface area contributed by atoms with Crippen molar-refractivity contribution in [3.63, 3.8) is 0 Å². The monoisotopic (exact) mass is 307 g/mol. The van der Waals surface area contributed by atoms with E-state index in [0.29, 0.717) is 6.61 Å². The van der Waals surface area contributed by atoms with E-state index < -0.39 is 4.46 Å². The van der Waals surface area contributed by atoms with Gasteiger partial charge in [0, 0.05) is 5.69 Å². The average molecular weight is 308 g/mol.